The van der Waals surface area contributed by atoms with Gasteiger partial charge in [0.1, 0.15) is 9.84 Å². The first-order valence-corrected chi connectivity index (χ1v) is 7.58. The number of rotatable bonds is 9. The molecule has 0 aromatic carbocycles. The summed E-state index contributed by atoms with van der Waals surface area (Å²) in [5.41, 5.74) is 0. The van der Waals surface area contributed by atoms with Crippen LogP contribution in [0.2, 0.25) is 0 Å². The fourth-order valence-corrected chi connectivity index (χ4v) is 2.31. The summed E-state index contributed by atoms with van der Waals surface area (Å²) in [5, 5.41) is 5.56. The Balaban J connectivity index is 3.62. The van der Waals surface area contributed by atoms with E-state index in [1.165, 1.54) is 6.26 Å². The van der Waals surface area contributed by atoms with Crippen molar-refractivity contribution in [3.05, 3.63) is 0 Å². The van der Waals surface area contributed by atoms with E-state index < -0.39 is 9.84 Å². The van der Waals surface area contributed by atoms with E-state index in [0.717, 1.165) is 6.42 Å². The van der Waals surface area contributed by atoms with E-state index in [4.69, 9.17) is 4.74 Å². The van der Waals surface area contributed by atoms with E-state index in [1.807, 2.05) is 0 Å². The van der Waals surface area contributed by atoms with Gasteiger partial charge in [-0.15, -0.1) is 0 Å². The van der Waals surface area contributed by atoms with Crippen LogP contribution >= 0.6 is 0 Å². The molecule has 0 saturated heterocycles. The Morgan fingerprint density at radius 1 is 1.41 bits per heavy atom. The van der Waals surface area contributed by atoms with Crippen molar-refractivity contribution in [2.75, 3.05) is 38.8 Å². The molecule has 0 aliphatic carbocycles. The summed E-state index contributed by atoms with van der Waals surface area (Å²) in [6.07, 6.45) is 1.94. The van der Waals surface area contributed by atoms with Gasteiger partial charge in [-0.3, -0.25) is 4.79 Å². The van der Waals surface area contributed by atoms with Crippen molar-refractivity contribution < 1.29 is 17.9 Å². The Kier molecular flexibility index (Phi) is 8.11. The molecule has 0 fully saturated rings. The lowest BCUT2D eigenvalue weighted by atomic mass is 10.4. The minimum Gasteiger partial charge on any atom is -0.385 e. The molecule has 0 aromatic rings. The molecule has 6 nitrogen and oxygen atoms in total. The average molecular weight is 266 g/mol. The van der Waals surface area contributed by atoms with Crippen molar-refractivity contribution in [2.45, 2.75) is 19.4 Å². The van der Waals surface area contributed by atoms with Crippen LogP contribution in [0.25, 0.3) is 0 Å². The number of amides is 1. The Morgan fingerprint density at radius 2 is 2.06 bits per heavy atom. The summed E-state index contributed by atoms with van der Waals surface area (Å²) >= 11 is 0. The molecule has 0 radical (unpaired) electrons. The fraction of sp³-hybridized carbons (Fsp3) is 0.900. The monoisotopic (exact) mass is 266 g/mol. The number of sulfone groups is 1. The standard InChI is InChI=1S/C10H22N2O4S/c1-9(8-17(3,14)15)12-7-10(13)11-5-4-6-16-2/h9,12H,4-8H2,1-3H3,(H,11,13). The summed E-state index contributed by atoms with van der Waals surface area (Å²) < 4.78 is 26.8. The minimum absolute atomic E-state index is 0.0317. The molecule has 0 aliphatic rings. The highest BCUT2D eigenvalue weighted by Gasteiger charge is 2.11. The summed E-state index contributed by atoms with van der Waals surface area (Å²) in [6, 6.07) is -0.227. The van der Waals surface area contributed by atoms with Crippen LogP contribution in [0, 0.1) is 0 Å². The van der Waals surface area contributed by atoms with E-state index in [1.54, 1.807) is 14.0 Å². The summed E-state index contributed by atoms with van der Waals surface area (Å²) in [6.45, 7) is 3.04. The molecule has 0 saturated carbocycles. The van der Waals surface area contributed by atoms with Crippen molar-refractivity contribution >= 4 is 15.7 Å². The van der Waals surface area contributed by atoms with Crippen molar-refractivity contribution in [3.63, 3.8) is 0 Å². The van der Waals surface area contributed by atoms with Gasteiger partial charge in [-0.05, 0) is 13.3 Å². The molecule has 1 amide bonds. The van der Waals surface area contributed by atoms with Gasteiger partial charge in [-0.1, -0.05) is 0 Å². The topological polar surface area (TPSA) is 84.5 Å². The Labute approximate surface area is 103 Å². The van der Waals surface area contributed by atoms with Crippen LogP contribution < -0.4 is 10.6 Å². The Hall–Kier alpha value is -0.660. The number of methoxy groups -OCH3 is 1. The summed E-state index contributed by atoms with van der Waals surface area (Å²) in [4.78, 5) is 11.3. The molecule has 0 aliphatic heterocycles. The van der Waals surface area contributed by atoms with Crippen molar-refractivity contribution in [3.8, 4) is 0 Å². The first-order valence-electron chi connectivity index (χ1n) is 5.52. The molecule has 0 heterocycles. The second-order valence-corrected chi connectivity index (χ2v) is 6.26. The zero-order chi connectivity index (χ0) is 13.3. The maximum Gasteiger partial charge on any atom is 0.233 e. The minimum atomic E-state index is -3.01. The lowest BCUT2D eigenvalue weighted by Gasteiger charge is -2.12. The van der Waals surface area contributed by atoms with Gasteiger partial charge in [0.25, 0.3) is 0 Å². The summed E-state index contributed by atoms with van der Waals surface area (Å²) in [5.74, 6) is -0.106. The molecule has 17 heavy (non-hydrogen) atoms. The van der Waals surface area contributed by atoms with E-state index in [-0.39, 0.29) is 24.2 Å². The fourth-order valence-electron chi connectivity index (χ4n) is 1.29. The van der Waals surface area contributed by atoms with Crippen LogP contribution in [0.5, 0.6) is 0 Å². The zero-order valence-electron chi connectivity index (χ0n) is 10.7. The van der Waals surface area contributed by atoms with E-state index >= 15 is 0 Å². The third-order valence-corrected chi connectivity index (χ3v) is 3.12. The van der Waals surface area contributed by atoms with Gasteiger partial charge in [0.2, 0.25) is 5.91 Å². The van der Waals surface area contributed by atoms with Crippen LogP contribution in [-0.2, 0) is 19.4 Å². The van der Waals surface area contributed by atoms with Crippen molar-refractivity contribution in [1.29, 1.82) is 0 Å². The number of nitrogens with one attached hydrogen (secondary N) is 2. The maximum absolute atomic E-state index is 11.3. The largest absolute Gasteiger partial charge is 0.385 e. The molecule has 102 valence electrons. The van der Waals surface area contributed by atoms with Gasteiger partial charge in [-0.25, -0.2) is 8.42 Å². The molecule has 7 heteroatoms. The predicted octanol–water partition coefficient (Wildman–Crippen LogP) is -0.838. The highest BCUT2D eigenvalue weighted by Crippen LogP contribution is 1.89. The maximum atomic E-state index is 11.3. The first kappa shape index (κ1) is 16.3. The number of carbonyl (C=O) groups is 1. The number of carbonyl (C=O) groups excluding carboxylic acids is 1. The van der Waals surface area contributed by atoms with E-state index in [0.29, 0.717) is 13.2 Å². The normalized spacial score (nSPS) is 13.4. The van der Waals surface area contributed by atoms with Crippen molar-refractivity contribution in [2.24, 2.45) is 0 Å². The van der Waals surface area contributed by atoms with Gasteiger partial charge in [0.15, 0.2) is 0 Å². The molecular weight excluding hydrogens is 244 g/mol. The smallest absolute Gasteiger partial charge is 0.233 e. The van der Waals surface area contributed by atoms with Gasteiger partial charge in [0.05, 0.1) is 12.3 Å². The number of hydrogen-bond acceptors (Lipinski definition) is 5. The van der Waals surface area contributed by atoms with Crippen LogP contribution in [0.4, 0.5) is 0 Å². The molecule has 0 rings (SSSR count). The van der Waals surface area contributed by atoms with Gasteiger partial charge < -0.3 is 15.4 Å². The average Bonchev–Trinajstić information content (AvgIpc) is 2.19. The first-order chi connectivity index (χ1) is 7.85. The molecule has 0 aromatic heterocycles. The highest BCUT2D eigenvalue weighted by atomic mass is 32.2. The van der Waals surface area contributed by atoms with Gasteiger partial charge in [0, 0.05) is 32.6 Å². The van der Waals surface area contributed by atoms with Crippen LogP contribution in [0.3, 0.4) is 0 Å². The molecule has 1 atom stereocenters. The van der Waals surface area contributed by atoms with Gasteiger partial charge >= 0.3 is 0 Å². The SMILES string of the molecule is COCCCNC(=O)CNC(C)CS(C)(=O)=O. The van der Waals surface area contributed by atoms with Crippen LogP contribution in [0.1, 0.15) is 13.3 Å². The third kappa shape index (κ3) is 11.6. The van der Waals surface area contributed by atoms with Crippen LogP contribution in [0.15, 0.2) is 0 Å². The third-order valence-electron chi connectivity index (χ3n) is 2.01. The number of hydrogen-bond donors (Lipinski definition) is 2. The summed E-state index contributed by atoms with van der Waals surface area (Å²) in [7, 11) is -1.40. The van der Waals surface area contributed by atoms with Gasteiger partial charge in [-0.2, -0.15) is 0 Å². The van der Waals surface area contributed by atoms with Crippen LogP contribution in [-0.4, -0.2) is 59.2 Å². The quantitative estimate of drug-likeness (QED) is 0.532. The molecule has 2 N–H and O–H groups in total. The molecule has 1 unspecified atom stereocenters. The van der Waals surface area contributed by atoms with Crippen molar-refractivity contribution in [1.82, 2.24) is 10.6 Å². The lowest BCUT2D eigenvalue weighted by Crippen LogP contribution is -2.41. The highest BCUT2D eigenvalue weighted by molar-refractivity contribution is 7.90. The second-order valence-electron chi connectivity index (χ2n) is 4.07. The zero-order valence-corrected chi connectivity index (χ0v) is 11.5. The molecular formula is C10H22N2O4S. The molecule has 0 bridgehead atoms. The Morgan fingerprint density at radius 3 is 2.59 bits per heavy atom. The van der Waals surface area contributed by atoms with E-state index in [9.17, 15) is 13.2 Å². The number of ether oxygens (including phenoxy) is 1. The predicted molar refractivity (Wildman–Crippen MR) is 66.7 cm³/mol. The lowest BCUT2D eigenvalue weighted by molar-refractivity contribution is -0.120. The van der Waals surface area contributed by atoms with E-state index in [2.05, 4.69) is 10.6 Å². The molecule has 0 spiro atoms. The second kappa shape index (κ2) is 8.43. The Bertz CT molecular complexity index is 316.